The van der Waals surface area contributed by atoms with Crippen molar-refractivity contribution in [1.29, 1.82) is 0 Å². The Kier molecular flexibility index (Phi) is 4.32. The first-order valence-electron chi connectivity index (χ1n) is 4.11. The highest BCUT2D eigenvalue weighted by Crippen LogP contribution is 2.19. The molecule has 0 aliphatic carbocycles. The molecule has 0 saturated carbocycles. The molecule has 0 spiro atoms. The van der Waals surface area contributed by atoms with E-state index >= 15 is 0 Å². The van der Waals surface area contributed by atoms with E-state index < -0.39 is 0 Å². The summed E-state index contributed by atoms with van der Waals surface area (Å²) < 4.78 is 1.88. The molecule has 0 amide bonds. The Morgan fingerprint density at radius 2 is 1.93 bits per heavy atom. The van der Waals surface area contributed by atoms with Crippen LogP contribution in [0.25, 0.3) is 10.9 Å². The number of nitrogens with zero attached hydrogens (tertiary/aromatic N) is 1. The first-order chi connectivity index (χ1) is 7.16. The first kappa shape index (κ1) is 12.2. The zero-order valence-electron chi connectivity index (χ0n) is 7.98. The fourth-order valence-electron chi connectivity index (χ4n) is 1.22. The van der Waals surface area contributed by atoms with Crippen molar-refractivity contribution >= 4 is 38.4 Å². The van der Waals surface area contributed by atoms with E-state index in [0.29, 0.717) is 5.02 Å². The molecule has 2 N–H and O–H groups in total. The van der Waals surface area contributed by atoms with E-state index in [1.165, 1.54) is 0 Å². The molecule has 0 saturated heterocycles. The van der Waals surface area contributed by atoms with Gasteiger partial charge in [-0.05, 0) is 34.1 Å². The molecule has 2 rings (SSSR count). The summed E-state index contributed by atoms with van der Waals surface area (Å²) >= 11 is 9.10. The van der Waals surface area contributed by atoms with Crippen LogP contribution in [0.4, 0.5) is 0 Å². The molecule has 1 heterocycles. The molecule has 1 aromatic heterocycles. The van der Waals surface area contributed by atoms with Crippen molar-refractivity contribution in [1.82, 2.24) is 0 Å². The molecule has 0 fully saturated rings. The van der Waals surface area contributed by atoms with Gasteiger partial charge in [-0.2, -0.15) is 0 Å². The second-order valence-electron chi connectivity index (χ2n) is 2.71. The fraction of sp³-hybridized carbons (Fsp3) is 0.100. The van der Waals surface area contributed by atoms with Gasteiger partial charge in [0.05, 0.1) is 9.86 Å². The number of halogens is 2. The minimum Gasteiger partial charge on any atom is -0.400 e. The van der Waals surface area contributed by atoms with Crippen LogP contribution in [0.5, 0.6) is 0 Å². The van der Waals surface area contributed by atoms with E-state index in [2.05, 4.69) is 15.9 Å². The minimum absolute atomic E-state index is 0.658. The molecule has 0 atom stereocenters. The molecule has 1 aromatic carbocycles. The monoisotopic (exact) mass is 290 g/mol. The third-order valence-corrected chi connectivity index (χ3v) is 2.44. The van der Waals surface area contributed by atoms with Gasteiger partial charge in [0.25, 0.3) is 5.52 Å². The van der Waals surface area contributed by atoms with Crippen LogP contribution in [-0.2, 0) is 0 Å². The molecule has 5 heteroatoms. The van der Waals surface area contributed by atoms with Crippen molar-refractivity contribution in [2.24, 2.45) is 0 Å². The number of benzene rings is 1. The van der Waals surface area contributed by atoms with Crippen LogP contribution in [0, 0.1) is 0 Å². The van der Waals surface area contributed by atoms with Gasteiger partial charge in [0.1, 0.15) is 0 Å². The lowest BCUT2D eigenvalue weighted by atomic mass is 10.2. The molecule has 0 aliphatic rings. The normalized spacial score (nSPS) is 9.60. The second kappa shape index (κ2) is 5.30. The average molecular weight is 292 g/mol. The lowest BCUT2D eigenvalue weighted by molar-refractivity contribution is -0.885. The highest BCUT2D eigenvalue weighted by Gasteiger charge is 2.09. The van der Waals surface area contributed by atoms with Crippen LogP contribution >= 0.6 is 27.5 Å². The lowest BCUT2D eigenvalue weighted by Gasteiger charge is -1.95. The van der Waals surface area contributed by atoms with Crippen molar-refractivity contribution in [3.8, 4) is 0 Å². The number of aliphatic hydroxyl groups is 1. The molecule has 0 aliphatic heterocycles. The van der Waals surface area contributed by atoms with Crippen LogP contribution in [0.1, 0.15) is 0 Å². The Morgan fingerprint density at radius 3 is 2.60 bits per heavy atom. The van der Waals surface area contributed by atoms with Gasteiger partial charge in [-0.3, -0.25) is 5.21 Å². The summed E-state index contributed by atoms with van der Waals surface area (Å²) in [5, 5.41) is 18.0. The van der Waals surface area contributed by atoms with Crippen LogP contribution in [-0.4, -0.2) is 17.4 Å². The number of hydrogen-bond donors (Lipinski definition) is 2. The molecule has 15 heavy (non-hydrogen) atoms. The zero-order valence-corrected chi connectivity index (χ0v) is 10.3. The van der Waals surface area contributed by atoms with Crippen molar-refractivity contribution < 1.29 is 15.0 Å². The maximum absolute atomic E-state index is 9.49. The first-order valence-corrected chi connectivity index (χ1v) is 5.28. The van der Waals surface area contributed by atoms with E-state index in [1.807, 2.05) is 6.07 Å². The SMILES string of the molecule is CO.O[n+]1cc(Br)cc2cc(Cl)ccc21. The maximum Gasteiger partial charge on any atom is 0.264 e. The van der Waals surface area contributed by atoms with Gasteiger partial charge in [0, 0.05) is 22.9 Å². The van der Waals surface area contributed by atoms with Gasteiger partial charge < -0.3 is 5.11 Å². The van der Waals surface area contributed by atoms with E-state index in [4.69, 9.17) is 16.7 Å². The van der Waals surface area contributed by atoms with Gasteiger partial charge >= 0.3 is 0 Å². The topological polar surface area (TPSA) is 44.3 Å². The maximum atomic E-state index is 9.49. The van der Waals surface area contributed by atoms with Crippen LogP contribution in [0.2, 0.25) is 5.02 Å². The van der Waals surface area contributed by atoms with Gasteiger partial charge in [-0.15, -0.1) is 0 Å². The number of fused-ring (bicyclic) bond motifs is 1. The summed E-state index contributed by atoms with van der Waals surface area (Å²) in [6.45, 7) is 0. The Hall–Kier alpha value is -0.840. The Bertz CT molecular complexity index is 471. The van der Waals surface area contributed by atoms with Gasteiger partial charge in [0.15, 0.2) is 0 Å². The quantitative estimate of drug-likeness (QED) is 0.578. The molecule has 0 bridgehead atoms. The smallest absolute Gasteiger partial charge is 0.264 e. The molecule has 0 radical (unpaired) electrons. The summed E-state index contributed by atoms with van der Waals surface area (Å²) in [5.41, 5.74) is 0.729. The zero-order chi connectivity index (χ0) is 11.4. The average Bonchev–Trinajstić information content (AvgIpc) is 2.19. The standard InChI is InChI=1S/C9H6BrClNO.CH4O/c10-7-3-6-4-8(11)1-2-9(6)12(13)5-7;1-2/h1-5,13H;2H,1H3/q+1;. The predicted octanol–water partition coefficient (Wildman–Crippen LogP) is 2.39. The van der Waals surface area contributed by atoms with Gasteiger partial charge in [-0.1, -0.05) is 11.6 Å². The summed E-state index contributed by atoms with van der Waals surface area (Å²) in [4.78, 5) is 0. The molecule has 2 aromatic rings. The number of rotatable bonds is 0. The van der Waals surface area contributed by atoms with Crippen LogP contribution in [0.3, 0.4) is 0 Å². The summed E-state index contributed by atoms with van der Waals surface area (Å²) in [6.07, 6.45) is 1.58. The minimum atomic E-state index is 0.658. The van der Waals surface area contributed by atoms with Gasteiger partial charge in [-0.25, -0.2) is 0 Å². The van der Waals surface area contributed by atoms with Crippen LogP contribution in [0.15, 0.2) is 34.9 Å². The van der Waals surface area contributed by atoms with E-state index in [-0.39, 0.29) is 0 Å². The molecule has 0 unspecified atom stereocenters. The largest absolute Gasteiger partial charge is 0.400 e. The third kappa shape index (κ3) is 2.81. The predicted molar refractivity (Wildman–Crippen MR) is 62.2 cm³/mol. The number of hydrogen-bond acceptors (Lipinski definition) is 2. The van der Waals surface area contributed by atoms with Crippen LogP contribution < -0.4 is 4.73 Å². The molecule has 80 valence electrons. The highest BCUT2D eigenvalue weighted by atomic mass is 79.9. The van der Waals surface area contributed by atoms with Crippen molar-refractivity contribution in [2.45, 2.75) is 0 Å². The summed E-state index contributed by atoms with van der Waals surface area (Å²) in [7, 11) is 1.00. The van der Waals surface area contributed by atoms with E-state index in [0.717, 1.165) is 27.2 Å². The summed E-state index contributed by atoms with van der Waals surface area (Å²) in [5.74, 6) is 0. The number of aliphatic hydroxyl groups excluding tert-OH is 1. The lowest BCUT2D eigenvalue weighted by Crippen LogP contribution is -2.30. The summed E-state index contributed by atoms with van der Waals surface area (Å²) in [6, 6.07) is 7.21. The number of aromatic nitrogens is 1. The third-order valence-electron chi connectivity index (χ3n) is 1.78. The Morgan fingerprint density at radius 1 is 1.27 bits per heavy atom. The van der Waals surface area contributed by atoms with Crippen molar-refractivity contribution in [3.05, 3.63) is 40.0 Å². The highest BCUT2D eigenvalue weighted by molar-refractivity contribution is 9.10. The van der Waals surface area contributed by atoms with E-state index in [1.54, 1.807) is 24.4 Å². The number of pyridine rings is 1. The second-order valence-corrected chi connectivity index (χ2v) is 4.06. The van der Waals surface area contributed by atoms with Gasteiger partial charge in [0.2, 0.25) is 6.20 Å². The Labute approximate surface area is 101 Å². The fourth-order valence-corrected chi connectivity index (χ4v) is 1.84. The Balaban J connectivity index is 0.000000531. The van der Waals surface area contributed by atoms with Crippen molar-refractivity contribution in [2.75, 3.05) is 7.11 Å². The molecule has 3 nitrogen and oxygen atoms in total. The van der Waals surface area contributed by atoms with E-state index in [9.17, 15) is 5.21 Å². The molecular weight excluding hydrogens is 281 g/mol. The molecular formula is C10H10BrClNO2+. The van der Waals surface area contributed by atoms with Crippen molar-refractivity contribution in [3.63, 3.8) is 0 Å².